The summed E-state index contributed by atoms with van der Waals surface area (Å²) in [6, 6.07) is 12.3. The van der Waals surface area contributed by atoms with Crippen LogP contribution in [0, 0.1) is 0 Å². The highest BCUT2D eigenvalue weighted by atomic mass is 35.5. The first kappa shape index (κ1) is 36.9. The molecule has 0 saturated carbocycles. The minimum Gasteiger partial charge on any atom is -0.343 e. The number of nitrogens with two attached hydrogens (primary N) is 2. The lowest BCUT2D eigenvalue weighted by Crippen LogP contribution is -2.51. The van der Waals surface area contributed by atoms with Crippen LogP contribution in [0.4, 0.5) is 18.9 Å². The van der Waals surface area contributed by atoms with Gasteiger partial charge in [0, 0.05) is 24.8 Å². The lowest BCUT2D eigenvalue weighted by Gasteiger charge is -2.25. The Balaban J connectivity index is 0.00000481. The van der Waals surface area contributed by atoms with Crippen LogP contribution in [-0.2, 0) is 22.2 Å². The lowest BCUT2D eigenvalue weighted by atomic mass is 10.0. The molecular weight excluding hydrogens is 578 g/mol. The molecule has 220 valence electrons. The molecule has 0 aliphatic carbocycles. The monoisotopic (exact) mass is 613 g/mol. The van der Waals surface area contributed by atoms with E-state index in [1.54, 1.807) is 0 Å². The zero-order valence-electron chi connectivity index (χ0n) is 21.4. The average molecular weight is 615 g/mol. The van der Waals surface area contributed by atoms with Crippen LogP contribution in [0.1, 0.15) is 36.8 Å². The van der Waals surface area contributed by atoms with Gasteiger partial charge in [0.05, 0.1) is 11.6 Å². The summed E-state index contributed by atoms with van der Waals surface area (Å²) in [5.74, 6) is -1.08. The Bertz CT molecular complexity index is 1020. The van der Waals surface area contributed by atoms with Gasteiger partial charge in [-0.15, -0.1) is 37.2 Å². The molecular formula is C26H37Cl3F3N5O2. The number of benzene rings is 2. The van der Waals surface area contributed by atoms with Gasteiger partial charge in [-0.3, -0.25) is 14.5 Å². The second-order valence-corrected chi connectivity index (χ2v) is 9.12. The second kappa shape index (κ2) is 17.6. The topological polar surface area (TPSA) is 113 Å². The van der Waals surface area contributed by atoms with Crippen molar-refractivity contribution in [3.05, 3.63) is 65.7 Å². The standard InChI is InChI=1S/C26H34F3N5O2.3ClH/c27-26(28,29)19-8-4-9-20(16-19)32-25(36)23(12-11-18-6-2-1-3-7-18)33-24(35)22(31)13-15-34-14-5-10-21(34)17-30;;;/h1-4,6-9,16,21-23H,5,10-15,17,30-31H2,(H,32,36)(H,33,35);3*1H. The Morgan fingerprint density at radius 1 is 1.00 bits per heavy atom. The van der Waals surface area contributed by atoms with E-state index in [2.05, 4.69) is 15.5 Å². The Kier molecular flexibility index (Phi) is 16.6. The predicted octanol–water partition coefficient (Wildman–Crippen LogP) is 4.17. The molecule has 3 atom stereocenters. The molecule has 3 unspecified atom stereocenters. The number of nitrogens with zero attached hydrogens (tertiary/aromatic N) is 1. The summed E-state index contributed by atoms with van der Waals surface area (Å²) in [5.41, 5.74) is 12.0. The molecule has 0 spiro atoms. The first-order valence-corrected chi connectivity index (χ1v) is 12.2. The third-order valence-electron chi connectivity index (χ3n) is 6.49. The fraction of sp³-hybridized carbons (Fsp3) is 0.462. The van der Waals surface area contributed by atoms with Crippen LogP contribution in [0.2, 0.25) is 0 Å². The van der Waals surface area contributed by atoms with Gasteiger partial charge in [-0.25, -0.2) is 0 Å². The summed E-state index contributed by atoms with van der Waals surface area (Å²) in [6.45, 7) is 2.09. The number of carbonyl (C=O) groups excluding carboxylic acids is 2. The van der Waals surface area contributed by atoms with Crippen molar-refractivity contribution in [3.63, 3.8) is 0 Å². The highest BCUT2D eigenvalue weighted by molar-refractivity contribution is 5.97. The number of halogens is 6. The number of amides is 2. The van der Waals surface area contributed by atoms with E-state index in [1.807, 2.05) is 30.3 Å². The van der Waals surface area contributed by atoms with E-state index in [-0.39, 0.29) is 55.4 Å². The van der Waals surface area contributed by atoms with E-state index in [1.165, 1.54) is 12.1 Å². The van der Waals surface area contributed by atoms with Crippen molar-refractivity contribution in [2.24, 2.45) is 11.5 Å². The van der Waals surface area contributed by atoms with Gasteiger partial charge < -0.3 is 22.1 Å². The maximum Gasteiger partial charge on any atom is 0.416 e. The van der Waals surface area contributed by atoms with Gasteiger partial charge in [0.15, 0.2) is 0 Å². The summed E-state index contributed by atoms with van der Waals surface area (Å²) in [6.07, 6.45) is -1.30. The molecule has 1 fully saturated rings. The largest absolute Gasteiger partial charge is 0.416 e. The lowest BCUT2D eigenvalue weighted by molar-refractivity contribution is -0.137. The van der Waals surface area contributed by atoms with E-state index < -0.39 is 35.6 Å². The SMILES string of the molecule is Cl.Cl.Cl.NCC1CCCN1CCC(N)C(=O)NC(CCc1ccccc1)C(=O)Nc1cccc(C(F)(F)F)c1. The highest BCUT2D eigenvalue weighted by Crippen LogP contribution is 2.30. The number of carbonyl (C=O) groups is 2. The van der Waals surface area contributed by atoms with Crippen LogP contribution in [-0.4, -0.2) is 54.5 Å². The first-order chi connectivity index (χ1) is 17.2. The number of rotatable bonds is 11. The summed E-state index contributed by atoms with van der Waals surface area (Å²) in [4.78, 5) is 28.1. The van der Waals surface area contributed by atoms with Crippen LogP contribution in [0.25, 0.3) is 0 Å². The van der Waals surface area contributed by atoms with Crippen LogP contribution < -0.4 is 22.1 Å². The Hall–Kier alpha value is -2.08. The average Bonchev–Trinajstić information content (AvgIpc) is 3.32. The van der Waals surface area contributed by atoms with Crippen molar-refractivity contribution >= 4 is 54.7 Å². The van der Waals surface area contributed by atoms with Crippen LogP contribution in [0.3, 0.4) is 0 Å². The number of hydrogen-bond donors (Lipinski definition) is 4. The fourth-order valence-electron chi connectivity index (χ4n) is 4.40. The Morgan fingerprint density at radius 2 is 1.69 bits per heavy atom. The molecule has 1 heterocycles. The molecule has 39 heavy (non-hydrogen) atoms. The smallest absolute Gasteiger partial charge is 0.343 e. The molecule has 13 heteroatoms. The van der Waals surface area contributed by atoms with E-state index in [9.17, 15) is 22.8 Å². The molecule has 0 bridgehead atoms. The maximum atomic E-state index is 13.1. The number of hydrogen-bond acceptors (Lipinski definition) is 5. The molecule has 1 saturated heterocycles. The second-order valence-electron chi connectivity index (χ2n) is 9.12. The molecule has 1 aliphatic rings. The Morgan fingerprint density at radius 3 is 2.33 bits per heavy atom. The molecule has 1 aliphatic heterocycles. The van der Waals surface area contributed by atoms with Crippen molar-refractivity contribution in [2.45, 2.75) is 56.4 Å². The quantitative estimate of drug-likeness (QED) is 0.304. The molecule has 2 aromatic rings. The van der Waals surface area contributed by atoms with Crippen LogP contribution >= 0.6 is 37.2 Å². The van der Waals surface area contributed by atoms with Gasteiger partial charge in [0.25, 0.3) is 0 Å². The zero-order chi connectivity index (χ0) is 26.1. The normalized spacial score (nSPS) is 16.6. The molecule has 0 aromatic heterocycles. The summed E-state index contributed by atoms with van der Waals surface area (Å²) in [7, 11) is 0. The minimum atomic E-state index is -4.54. The van der Waals surface area contributed by atoms with Crippen LogP contribution in [0.15, 0.2) is 54.6 Å². The van der Waals surface area contributed by atoms with Crippen molar-refractivity contribution < 1.29 is 22.8 Å². The number of anilines is 1. The van der Waals surface area contributed by atoms with Crippen molar-refractivity contribution in [1.29, 1.82) is 0 Å². The first-order valence-electron chi connectivity index (χ1n) is 12.2. The highest BCUT2D eigenvalue weighted by Gasteiger charge is 2.31. The third kappa shape index (κ3) is 11.5. The predicted molar refractivity (Wildman–Crippen MR) is 155 cm³/mol. The zero-order valence-corrected chi connectivity index (χ0v) is 23.8. The molecule has 0 radical (unpaired) electrons. The van der Waals surface area contributed by atoms with Gasteiger partial charge in [-0.1, -0.05) is 36.4 Å². The minimum absolute atomic E-state index is 0. The third-order valence-corrected chi connectivity index (χ3v) is 6.49. The summed E-state index contributed by atoms with van der Waals surface area (Å²) >= 11 is 0. The van der Waals surface area contributed by atoms with E-state index in [4.69, 9.17) is 11.5 Å². The van der Waals surface area contributed by atoms with Crippen molar-refractivity contribution in [1.82, 2.24) is 10.2 Å². The van der Waals surface area contributed by atoms with E-state index in [0.29, 0.717) is 25.9 Å². The summed E-state index contributed by atoms with van der Waals surface area (Å²) < 4.78 is 39.2. The van der Waals surface area contributed by atoms with Gasteiger partial charge in [-0.2, -0.15) is 13.2 Å². The molecule has 3 rings (SSSR count). The van der Waals surface area contributed by atoms with Crippen LogP contribution in [0.5, 0.6) is 0 Å². The molecule has 6 N–H and O–H groups in total. The molecule has 2 amide bonds. The van der Waals surface area contributed by atoms with Crippen molar-refractivity contribution in [2.75, 3.05) is 25.0 Å². The molecule has 2 aromatic carbocycles. The maximum absolute atomic E-state index is 13.1. The van der Waals surface area contributed by atoms with Gasteiger partial charge in [0.2, 0.25) is 11.8 Å². The molecule has 7 nitrogen and oxygen atoms in total. The number of nitrogens with one attached hydrogen (secondary N) is 2. The fourth-order valence-corrected chi connectivity index (χ4v) is 4.40. The van der Waals surface area contributed by atoms with Gasteiger partial charge in [0.1, 0.15) is 6.04 Å². The number of alkyl halides is 3. The number of aryl methyl sites for hydroxylation is 1. The Labute approximate surface area is 245 Å². The van der Waals surface area contributed by atoms with Gasteiger partial charge >= 0.3 is 6.18 Å². The van der Waals surface area contributed by atoms with E-state index in [0.717, 1.165) is 37.1 Å². The van der Waals surface area contributed by atoms with Crippen molar-refractivity contribution in [3.8, 4) is 0 Å². The van der Waals surface area contributed by atoms with E-state index >= 15 is 0 Å². The summed E-state index contributed by atoms with van der Waals surface area (Å²) in [5, 5.41) is 5.22. The van der Waals surface area contributed by atoms with Gasteiger partial charge in [-0.05, 0) is 62.4 Å². The number of likely N-dealkylation sites (tertiary alicyclic amines) is 1.